The third-order valence-electron chi connectivity index (χ3n) is 2.06. The van der Waals surface area contributed by atoms with Crippen molar-refractivity contribution in [2.24, 2.45) is 0 Å². The minimum absolute atomic E-state index is 0.0380. The predicted octanol–water partition coefficient (Wildman–Crippen LogP) is 1.90. The van der Waals surface area contributed by atoms with E-state index < -0.39 is 23.7 Å². The molecule has 0 aromatic rings. The minimum atomic E-state index is -4.04. The van der Waals surface area contributed by atoms with E-state index in [1.54, 1.807) is 13.8 Å². The van der Waals surface area contributed by atoms with Crippen molar-refractivity contribution >= 4 is 29.5 Å². The molecule has 0 heterocycles. The molecule has 0 aliphatic carbocycles. The fourth-order valence-electron chi connectivity index (χ4n) is 1.22. The molecule has 0 bridgehead atoms. The van der Waals surface area contributed by atoms with Crippen molar-refractivity contribution in [2.75, 3.05) is 20.3 Å². The van der Waals surface area contributed by atoms with Gasteiger partial charge in [-0.1, -0.05) is 15.9 Å². The number of rotatable bonds is 7. The second-order valence-electron chi connectivity index (χ2n) is 3.17. The van der Waals surface area contributed by atoms with Gasteiger partial charge in [0.25, 0.3) is 5.34 Å². The summed E-state index contributed by atoms with van der Waals surface area (Å²) in [6.07, 6.45) is 0. The lowest BCUT2D eigenvalue weighted by atomic mass is 10.3. The summed E-state index contributed by atoms with van der Waals surface area (Å²) >= 11 is 3.03. The Morgan fingerprint density at radius 1 is 1.41 bits per heavy atom. The van der Waals surface area contributed by atoms with Gasteiger partial charge in [-0.15, -0.1) is 0 Å². The normalized spacial score (nSPS) is 17.3. The highest BCUT2D eigenvalue weighted by Gasteiger charge is 2.60. The van der Waals surface area contributed by atoms with E-state index in [1.807, 2.05) is 0 Å². The van der Waals surface area contributed by atoms with E-state index in [9.17, 15) is 14.5 Å². The Balaban J connectivity index is 5.53. The number of carbonyl (C=O) groups excluding carboxylic acids is 1. The fourth-order valence-corrected chi connectivity index (χ4v) is 4.05. The Labute approximate surface area is 109 Å². The number of hydrogen-bond donors (Lipinski definition) is 1. The van der Waals surface area contributed by atoms with Gasteiger partial charge in [-0.05, 0) is 20.8 Å². The number of alkyl halides is 1. The molecule has 0 saturated heterocycles. The molecule has 2 unspecified atom stereocenters. The standard InChI is InChI=1S/C9H18BrO6P/c1-5-15-17(13,16-6-2)9(12,7(3)10)8(11)14-4/h7,12H,5-6H2,1-4H3. The number of ether oxygens (including phenoxy) is 1. The van der Waals surface area contributed by atoms with Crippen LogP contribution < -0.4 is 0 Å². The molecule has 8 heteroatoms. The van der Waals surface area contributed by atoms with Crippen LogP contribution >= 0.6 is 23.5 Å². The van der Waals surface area contributed by atoms with Crippen molar-refractivity contribution in [1.29, 1.82) is 0 Å². The van der Waals surface area contributed by atoms with E-state index in [0.717, 1.165) is 7.11 Å². The molecule has 0 radical (unpaired) electrons. The second-order valence-corrected chi connectivity index (χ2v) is 6.73. The quantitative estimate of drug-likeness (QED) is 0.435. The Bertz CT molecular complexity index is 298. The highest BCUT2D eigenvalue weighted by molar-refractivity contribution is 9.09. The minimum Gasteiger partial charge on any atom is -0.466 e. The van der Waals surface area contributed by atoms with Gasteiger partial charge in [0.05, 0.1) is 25.2 Å². The number of carbonyl (C=O) groups is 1. The van der Waals surface area contributed by atoms with Crippen LogP contribution in [-0.2, 0) is 23.1 Å². The lowest BCUT2D eigenvalue weighted by molar-refractivity contribution is -0.155. The smallest absolute Gasteiger partial charge is 0.374 e. The summed E-state index contributed by atoms with van der Waals surface area (Å²) in [5.74, 6) is -1.06. The van der Waals surface area contributed by atoms with Crippen LogP contribution in [0, 0.1) is 0 Å². The maximum absolute atomic E-state index is 12.5. The van der Waals surface area contributed by atoms with Gasteiger partial charge in [0, 0.05) is 0 Å². The maximum Gasteiger partial charge on any atom is 0.374 e. The highest BCUT2D eigenvalue weighted by atomic mass is 79.9. The molecule has 17 heavy (non-hydrogen) atoms. The van der Waals surface area contributed by atoms with E-state index >= 15 is 0 Å². The number of esters is 1. The first-order valence-electron chi connectivity index (χ1n) is 5.14. The molecule has 102 valence electrons. The highest BCUT2D eigenvalue weighted by Crippen LogP contribution is 2.61. The molecule has 0 aromatic heterocycles. The Kier molecular flexibility index (Phi) is 6.87. The van der Waals surface area contributed by atoms with Crippen LogP contribution in [0.5, 0.6) is 0 Å². The molecule has 0 fully saturated rings. The van der Waals surface area contributed by atoms with Crippen LogP contribution in [0.4, 0.5) is 0 Å². The van der Waals surface area contributed by atoms with Crippen molar-refractivity contribution in [2.45, 2.75) is 30.9 Å². The topological polar surface area (TPSA) is 82.1 Å². The van der Waals surface area contributed by atoms with Crippen molar-refractivity contribution in [3.05, 3.63) is 0 Å². The predicted molar refractivity (Wildman–Crippen MR) is 66.2 cm³/mol. The zero-order chi connectivity index (χ0) is 13.7. The van der Waals surface area contributed by atoms with Gasteiger partial charge < -0.3 is 18.9 Å². The van der Waals surface area contributed by atoms with Crippen LogP contribution in [0.1, 0.15) is 20.8 Å². The van der Waals surface area contributed by atoms with E-state index in [1.165, 1.54) is 6.92 Å². The summed E-state index contributed by atoms with van der Waals surface area (Å²) in [6, 6.07) is 0. The molecule has 0 spiro atoms. The summed E-state index contributed by atoms with van der Waals surface area (Å²) in [6.45, 7) is 4.71. The fraction of sp³-hybridized carbons (Fsp3) is 0.889. The van der Waals surface area contributed by atoms with Gasteiger partial charge >= 0.3 is 13.6 Å². The van der Waals surface area contributed by atoms with Gasteiger partial charge in [-0.3, -0.25) is 4.57 Å². The Morgan fingerprint density at radius 2 is 1.82 bits per heavy atom. The average molecular weight is 333 g/mol. The average Bonchev–Trinajstić information content (AvgIpc) is 2.27. The van der Waals surface area contributed by atoms with Crippen LogP contribution in [0.15, 0.2) is 0 Å². The van der Waals surface area contributed by atoms with Gasteiger partial charge in [-0.2, -0.15) is 0 Å². The molecule has 2 atom stereocenters. The van der Waals surface area contributed by atoms with E-state index in [2.05, 4.69) is 20.7 Å². The molecule has 0 aliphatic rings. The van der Waals surface area contributed by atoms with Crippen molar-refractivity contribution in [1.82, 2.24) is 0 Å². The molecule has 0 aromatic carbocycles. The second kappa shape index (κ2) is 6.85. The maximum atomic E-state index is 12.5. The van der Waals surface area contributed by atoms with Crippen LogP contribution in [0.3, 0.4) is 0 Å². The van der Waals surface area contributed by atoms with Crippen molar-refractivity contribution in [3.8, 4) is 0 Å². The van der Waals surface area contributed by atoms with E-state index in [4.69, 9.17) is 9.05 Å². The number of methoxy groups -OCH3 is 1. The lowest BCUT2D eigenvalue weighted by Crippen LogP contribution is -2.47. The first kappa shape index (κ1) is 17.1. The molecule has 0 amide bonds. The third kappa shape index (κ3) is 3.29. The summed E-state index contributed by atoms with van der Waals surface area (Å²) in [5.41, 5.74) is 0. The van der Waals surface area contributed by atoms with Gasteiger partial charge in [-0.25, -0.2) is 4.79 Å². The molecule has 0 rings (SSSR count). The van der Waals surface area contributed by atoms with Crippen LogP contribution in [0.2, 0.25) is 0 Å². The summed E-state index contributed by atoms with van der Waals surface area (Å²) in [4.78, 5) is 10.8. The molecule has 0 aliphatic heterocycles. The van der Waals surface area contributed by atoms with Gasteiger partial charge in [0.1, 0.15) is 0 Å². The molecular weight excluding hydrogens is 315 g/mol. The van der Waals surface area contributed by atoms with Crippen molar-refractivity contribution in [3.63, 3.8) is 0 Å². The van der Waals surface area contributed by atoms with E-state index in [-0.39, 0.29) is 13.2 Å². The van der Waals surface area contributed by atoms with Gasteiger partial charge in [0.2, 0.25) is 0 Å². The van der Waals surface area contributed by atoms with E-state index in [0.29, 0.717) is 0 Å². The largest absolute Gasteiger partial charge is 0.466 e. The monoisotopic (exact) mass is 332 g/mol. The Morgan fingerprint density at radius 3 is 2.06 bits per heavy atom. The van der Waals surface area contributed by atoms with Gasteiger partial charge in [0.15, 0.2) is 0 Å². The zero-order valence-corrected chi connectivity index (χ0v) is 12.8. The first-order valence-corrected chi connectivity index (χ1v) is 7.60. The molecule has 1 N–H and O–H groups in total. The molecule has 0 saturated carbocycles. The number of halogens is 1. The SMILES string of the molecule is CCOP(=O)(OCC)C(O)(C(=O)OC)C(C)Br. The number of aliphatic hydroxyl groups is 1. The Hall–Kier alpha value is 0.0600. The summed E-state index contributed by atoms with van der Waals surface area (Å²) in [5, 5.41) is 7.94. The van der Waals surface area contributed by atoms with Crippen LogP contribution in [0.25, 0.3) is 0 Å². The first-order chi connectivity index (χ1) is 7.80. The molecule has 6 nitrogen and oxygen atoms in total. The van der Waals surface area contributed by atoms with Crippen LogP contribution in [-0.4, -0.2) is 41.6 Å². The summed E-state index contributed by atoms with van der Waals surface area (Å²) in [7, 11) is -2.95. The van der Waals surface area contributed by atoms with Crippen molar-refractivity contribution < 1.29 is 28.3 Å². The number of hydrogen-bond acceptors (Lipinski definition) is 6. The lowest BCUT2D eigenvalue weighted by Gasteiger charge is -2.33. The summed E-state index contributed by atoms with van der Waals surface area (Å²) < 4.78 is 26.9. The third-order valence-corrected chi connectivity index (χ3v) is 5.67. The molecular formula is C9H18BrO6P. The zero-order valence-electron chi connectivity index (χ0n) is 10.3.